The minimum Gasteiger partial charge on any atom is -0.471 e. The first-order valence-corrected chi connectivity index (χ1v) is 14.0. The van der Waals surface area contributed by atoms with Gasteiger partial charge >= 0.3 is 0 Å². The number of hydrogen-bond donors (Lipinski definition) is 2. The highest BCUT2D eigenvalue weighted by molar-refractivity contribution is 7.92. The summed E-state index contributed by atoms with van der Waals surface area (Å²) in [7, 11) is -4.06. The first kappa shape index (κ1) is 25.2. The number of aromatic nitrogens is 2. The molecule has 3 heterocycles. The molecule has 1 fully saturated rings. The predicted octanol–water partition coefficient (Wildman–Crippen LogP) is 3.54. The van der Waals surface area contributed by atoms with Gasteiger partial charge in [-0.2, -0.15) is 4.98 Å². The zero-order valence-corrected chi connectivity index (χ0v) is 21.8. The summed E-state index contributed by atoms with van der Waals surface area (Å²) in [5.41, 5.74) is 3.70. The molecule has 0 saturated carbocycles. The van der Waals surface area contributed by atoms with Crippen molar-refractivity contribution in [1.82, 2.24) is 20.2 Å². The molecule has 2 aliphatic rings. The zero-order valence-electron chi connectivity index (χ0n) is 21.0. The molecule has 1 amide bonds. The molecule has 10 heteroatoms. The molecule has 2 aromatic carbocycles. The number of nitrogens with zero attached hydrogens (tertiary/aromatic N) is 3. The summed E-state index contributed by atoms with van der Waals surface area (Å²) in [5, 5.41) is 2.92. The van der Waals surface area contributed by atoms with Crippen LogP contribution in [0.25, 0.3) is 11.3 Å². The number of anilines is 1. The molecule has 1 unspecified atom stereocenters. The smallest absolute Gasteiger partial charge is 0.264 e. The van der Waals surface area contributed by atoms with Crippen LogP contribution in [0.2, 0.25) is 0 Å². The SMILES string of the molecule is Cc1cccc(C)c1-c1cc2nc(n1)NS(=O)(=O)c1cccc(c1)C(=O)NCC(CN1CCCCC1)O2. The number of carbonyl (C=O) groups excluding carboxylic acids is 1. The van der Waals surface area contributed by atoms with Crippen molar-refractivity contribution in [3.63, 3.8) is 0 Å². The fourth-order valence-electron chi connectivity index (χ4n) is 4.91. The van der Waals surface area contributed by atoms with E-state index in [9.17, 15) is 13.2 Å². The van der Waals surface area contributed by atoms with Gasteiger partial charge in [-0.3, -0.25) is 9.69 Å². The number of fused-ring (bicyclic) bond motifs is 4. The third kappa shape index (κ3) is 5.75. The molecular formula is C27H31N5O4S. The molecule has 9 nitrogen and oxygen atoms in total. The summed E-state index contributed by atoms with van der Waals surface area (Å²) in [4.78, 5) is 24.2. The Bertz CT molecular complexity index is 1400. The lowest BCUT2D eigenvalue weighted by Crippen LogP contribution is -2.45. The molecule has 37 heavy (non-hydrogen) atoms. The molecule has 4 bridgehead atoms. The molecule has 1 atom stereocenters. The van der Waals surface area contributed by atoms with E-state index in [-0.39, 0.29) is 34.7 Å². The highest BCUT2D eigenvalue weighted by Crippen LogP contribution is 2.30. The summed E-state index contributed by atoms with van der Waals surface area (Å²) in [6.07, 6.45) is 3.07. The first-order chi connectivity index (χ1) is 17.8. The molecule has 1 aromatic heterocycles. The molecule has 0 spiro atoms. The van der Waals surface area contributed by atoms with E-state index in [1.54, 1.807) is 18.2 Å². The van der Waals surface area contributed by atoms with Gasteiger partial charge in [-0.15, -0.1) is 0 Å². The van der Waals surface area contributed by atoms with Gasteiger partial charge in [0.25, 0.3) is 15.9 Å². The average Bonchev–Trinajstić information content (AvgIpc) is 2.87. The van der Waals surface area contributed by atoms with E-state index in [4.69, 9.17) is 4.74 Å². The number of aryl methyl sites for hydroxylation is 2. The number of hydrogen-bond acceptors (Lipinski definition) is 7. The summed E-state index contributed by atoms with van der Waals surface area (Å²) >= 11 is 0. The highest BCUT2D eigenvalue weighted by Gasteiger charge is 2.24. The van der Waals surface area contributed by atoms with Crippen LogP contribution in [0.3, 0.4) is 0 Å². The van der Waals surface area contributed by atoms with Crippen molar-refractivity contribution in [2.24, 2.45) is 0 Å². The zero-order chi connectivity index (χ0) is 26.0. The molecule has 0 radical (unpaired) electrons. The maximum atomic E-state index is 13.2. The fourth-order valence-corrected chi connectivity index (χ4v) is 5.90. The van der Waals surface area contributed by atoms with E-state index in [2.05, 4.69) is 24.9 Å². The van der Waals surface area contributed by atoms with Crippen LogP contribution in [0, 0.1) is 13.8 Å². The Kier molecular flexibility index (Phi) is 7.12. The number of carbonyl (C=O) groups is 1. The number of amides is 1. The van der Waals surface area contributed by atoms with E-state index in [1.807, 2.05) is 32.0 Å². The topological polar surface area (TPSA) is 114 Å². The van der Waals surface area contributed by atoms with E-state index in [1.165, 1.54) is 18.6 Å². The third-order valence-electron chi connectivity index (χ3n) is 6.76. The third-order valence-corrected chi connectivity index (χ3v) is 8.09. The van der Waals surface area contributed by atoms with Crippen molar-refractivity contribution >= 4 is 21.9 Å². The van der Waals surface area contributed by atoms with E-state index >= 15 is 0 Å². The lowest BCUT2D eigenvalue weighted by molar-refractivity contribution is 0.0875. The van der Waals surface area contributed by atoms with E-state index in [0.29, 0.717) is 12.2 Å². The predicted molar refractivity (Wildman–Crippen MR) is 141 cm³/mol. The molecule has 1 saturated heterocycles. The quantitative estimate of drug-likeness (QED) is 0.542. The van der Waals surface area contributed by atoms with Gasteiger partial charge in [0.15, 0.2) is 0 Å². The van der Waals surface area contributed by atoms with Gasteiger partial charge < -0.3 is 10.1 Å². The van der Waals surface area contributed by atoms with Gasteiger partial charge in [0.1, 0.15) is 6.10 Å². The second-order valence-electron chi connectivity index (χ2n) is 9.63. The number of benzene rings is 2. The molecule has 2 aliphatic heterocycles. The van der Waals surface area contributed by atoms with Crippen molar-refractivity contribution in [2.45, 2.75) is 44.1 Å². The van der Waals surface area contributed by atoms with Gasteiger partial charge in [-0.1, -0.05) is 30.7 Å². The maximum absolute atomic E-state index is 13.2. The van der Waals surface area contributed by atoms with Crippen LogP contribution >= 0.6 is 0 Å². The van der Waals surface area contributed by atoms with Crippen LogP contribution in [-0.2, 0) is 10.0 Å². The minimum absolute atomic E-state index is 0.0483. The summed E-state index contributed by atoms with van der Waals surface area (Å²) in [6.45, 7) is 6.77. The number of sulfonamides is 1. The van der Waals surface area contributed by atoms with E-state index < -0.39 is 16.1 Å². The number of piperidine rings is 1. The molecule has 3 aromatic rings. The van der Waals surface area contributed by atoms with Crippen LogP contribution in [0.15, 0.2) is 53.4 Å². The Balaban J connectivity index is 1.60. The number of rotatable bonds is 3. The maximum Gasteiger partial charge on any atom is 0.264 e. The number of ether oxygens (including phenoxy) is 1. The fraction of sp³-hybridized carbons (Fsp3) is 0.370. The monoisotopic (exact) mass is 521 g/mol. The van der Waals surface area contributed by atoms with Gasteiger partial charge in [-0.25, -0.2) is 18.1 Å². The second-order valence-corrected chi connectivity index (χ2v) is 11.3. The summed E-state index contributed by atoms with van der Waals surface area (Å²) in [5.74, 6) is -0.207. The molecule has 2 N–H and O–H groups in total. The molecular weight excluding hydrogens is 490 g/mol. The molecule has 5 rings (SSSR count). The lowest BCUT2D eigenvalue weighted by atomic mass is 10.00. The van der Waals surface area contributed by atoms with Gasteiger partial charge in [0, 0.05) is 23.7 Å². The van der Waals surface area contributed by atoms with E-state index in [0.717, 1.165) is 42.6 Å². The van der Waals surface area contributed by atoms with Crippen LogP contribution in [0.1, 0.15) is 40.7 Å². The van der Waals surface area contributed by atoms with Gasteiger partial charge in [0.2, 0.25) is 11.8 Å². The highest BCUT2D eigenvalue weighted by atomic mass is 32.2. The van der Waals surface area contributed by atoms with Gasteiger partial charge in [-0.05, 0) is 69.1 Å². The van der Waals surface area contributed by atoms with Crippen molar-refractivity contribution < 1.29 is 17.9 Å². The number of nitrogens with one attached hydrogen (secondary N) is 2. The van der Waals surface area contributed by atoms with Crippen molar-refractivity contribution in [3.8, 4) is 17.1 Å². The van der Waals surface area contributed by atoms with Gasteiger partial charge in [0.05, 0.1) is 17.1 Å². The number of likely N-dealkylation sites (tertiary alicyclic amines) is 1. The molecule has 0 aliphatic carbocycles. The Labute approximate surface area is 217 Å². The Morgan fingerprint density at radius 1 is 1.00 bits per heavy atom. The van der Waals surface area contributed by atoms with Crippen LogP contribution in [-0.4, -0.2) is 61.5 Å². The largest absolute Gasteiger partial charge is 0.471 e. The van der Waals surface area contributed by atoms with Crippen molar-refractivity contribution in [3.05, 3.63) is 65.2 Å². The Morgan fingerprint density at radius 3 is 2.49 bits per heavy atom. The van der Waals surface area contributed by atoms with Crippen molar-refractivity contribution in [2.75, 3.05) is 30.9 Å². The normalized spacial score (nSPS) is 19.8. The standard InChI is InChI=1S/C27H31N5O4S/c1-18-8-6-9-19(2)25(18)23-15-24-30-27(29-23)31-37(34,35)22-11-7-10-20(14-22)26(33)28-16-21(36-24)17-32-12-4-3-5-13-32/h6-11,14-15,21H,3-5,12-13,16-17H2,1-2H3,(H,28,33)(H,29,30,31). The van der Waals surface area contributed by atoms with Crippen LogP contribution in [0.4, 0.5) is 5.95 Å². The van der Waals surface area contributed by atoms with Crippen LogP contribution < -0.4 is 14.8 Å². The average molecular weight is 522 g/mol. The minimum atomic E-state index is -4.06. The Morgan fingerprint density at radius 2 is 1.73 bits per heavy atom. The first-order valence-electron chi connectivity index (χ1n) is 12.5. The van der Waals surface area contributed by atoms with Crippen molar-refractivity contribution in [1.29, 1.82) is 0 Å². The Hall–Kier alpha value is -3.50. The second kappa shape index (κ2) is 10.5. The summed E-state index contributed by atoms with van der Waals surface area (Å²) < 4.78 is 35.3. The molecule has 194 valence electrons. The van der Waals surface area contributed by atoms with Crippen LogP contribution in [0.5, 0.6) is 5.88 Å². The summed E-state index contributed by atoms with van der Waals surface area (Å²) in [6, 6.07) is 13.6. The lowest BCUT2D eigenvalue weighted by Gasteiger charge is -2.30.